The number of hydrogen-bond acceptors (Lipinski definition) is 3. The highest BCUT2D eigenvalue weighted by Crippen LogP contribution is 2.34. The molecule has 0 amide bonds. The number of nitrogens with two attached hydrogens (primary N) is 1. The highest BCUT2D eigenvalue weighted by atomic mass is 79.9. The summed E-state index contributed by atoms with van der Waals surface area (Å²) in [6, 6.07) is 10.2. The van der Waals surface area contributed by atoms with Crippen LogP contribution in [0.2, 0.25) is 0 Å². The molecular formula is C15H13BrFNO2. The first kappa shape index (κ1) is 13.4. The predicted octanol–water partition coefficient (Wildman–Crippen LogP) is 3.56. The molecule has 1 atom stereocenters. The molecule has 2 aromatic rings. The third-order valence-electron chi connectivity index (χ3n) is 3.20. The number of hydrogen-bond donors (Lipinski definition) is 1. The molecule has 0 bridgehead atoms. The molecule has 0 spiro atoms. The molecule has 1 aliphatic heterocycles. The Morgan fingerprint density at radius 2 is 2.15 bits per heavy atom. The van der Waals surface area contributed by atoms with Gasteiger partial charge in [-0.25, -0.2) is 4.39 Å². The van der Waals surface area contributed by atoms with Gasteiger partial charge in [0.25, 0.3) is 0 Å². The lowest BCUT2D eigenvalue weighted by Gasteiger charge is -2.09. The van der Waals surface area contributed by atoms with E-state index >= 15 is 0 Å². The van der Waals surface area contributed by atoms with Gasteiger partial charge in [0.1, 0.15) is 30.5 Å². The Bertz CT molecular complexity index is 648. The van der Waals surface area contributed by atoms with Crippen LogP contribution in [0.1, 0.15) is 17.2 Å². The van der Waals surface area contributed by atoms with Crippen LogP contribution in [-0.2, 0) is 6.61 Å². The van der Waals surface area contributed by atoms with Crippen LogP contribution < -0.4 is 15.2 Å². The van der Waals surface area contributed by atoms with Crippen LogP contribution in [0.5, 0.6) is 11.5 Å². The highest BCUT2D eigenvalue weighted by Gasteiger charge is 2.20. The van der Waals surface area contributed by atoms with Crippen molar-refractivity contribution in [2.75, 3.05) is 6.61 Å². The monoisotopic (exact) mass is 337 g/mol. The summed E-state index contributed by atoms with van der Waals surface area (Å²) in [5, 5.41) is 0. The summed E-state index contributed by atoms with van der Waals surface area (Å²) in [6.45, 7) is 0.648. The molecule has 0 saturated carbocycles. The molecule has 2 aromatic carbocycles. The van der Waals surface area contributed by atoms with Crippen molar-refractivity contribution in [2.45, 2.75) is 12.6 Å². The Labute approximate surface area is 124 Å². The molecule has 1 unspecified atom stereocenters. The molecule has 0 radical (unpaired) electrons. The van der Waals surface area contributed by atoms with Crippen LogP contribution in [0, 0.1) is 5.82 Å². The maximum Gasteiger partial charge on any atom is 0.129 e. The minimum Gasteiger partial charge on any atom is -0.491 e. The fraction of sp³-hybridized carbons (Fsp3) is 0.200. The van der Waals surface area contributed by atoms with Crippen molar-refractivity contribution in [3.8, 4) is 11.5 Å². The Morgan fingerprint density at radius 1 is 1.30 bits per heavy atom. The van der Waals surface area contributed by atoms with Crippen LogP contribution >= 0.6 is 15.9 Å². The van der Waals surface area contributed by atoms with Gasteiger partial charge in [0.15, 0.2) is 0 Å². The molecule has 20 heavy (non-hydrogen) atoms. The van der Waals surface area contributed by atoms with Gasteiger partial charge >= 0.3 is 0 Å². The summed E-state index contributed by atoms with van der Waals surface area (Å²) in [4.78, 5) is 0. The summed E-state index contributed by atoms with van der Waals surface area (Å²) in [5.74, 6) is 1.09. The van der Waals surface area contributed by atoms with E-state index in [2.05, 4.69) is 15.9 Å². The van der Waals surface area contributed by atoms with Crippen LogP contribution in [0.4, 0.5) is 4.39 Å². The smallest absolute Gasteiger partial charge is 0.129 e. The van der Waals surface area contributed by atoms with E-state index in [0.29, 0.717) is 17.9 Å². The zero-order chi connectivity index (χ0) is 14.1. The second-order valence-corrected chi connectivity index (χ2v) is 5.56. The van der Waals surface area contributed by atoms with Crippen molar-refractivity contribution in [1.29, 1.82) is 0 Å². The average Bonchev–Trinajstić information content (AvgIpc) is 2.81. The quantitative estimate of drug-likeness (QED) is 0.931. The molecule has 3 rings (SSSR count). The second kappa shape index (κ2) is 5.42. The summed E-state index contributed by atoms with van der Waals surface area (Å²) in [5.41, 5.74) is 7.35. The first-order valence-electron chi connectivity index (χ1n) is 6.22. The Balaban J connectivity index is 1.74. The van der Waals surface area contributed by atoms with Gasteiger partial charge in [0.05, 0.1) is 6.04 Å². The predicted molar refractivity (Wildman–Crippen MR) is 77.3 cm³/mol. The van der Waals surface area contributed by atoms with Crippen molar-refractivity contribution < 1.29 is 13.9 Å². The molecule has 5 heteroatoms. The van der Waals surface area contributed by atoms with Gasteiger partial charge in [-0.2, -0.15) is 0 Å². The van der Waals surface area contributed by atoms with E-state index in [9.17, 15) is 4.39 Å². The van der Waals surface area contributed by atoms with E-state index in [4.69, 9.17) is 15.2 Å². The maximum absolute atomic E-state index is 13.6. The second-order valence-electron chi connectivity index (χ2n) is 4.64. The minimum atomic E-state index is -0.285. The normalized spacial score (nSPS) is 16.6. The van der Waals surface area contributed by atoms with Crippen molar-refractivity contribution in [2.24, 2.45) is 5.73 Å². The van der Waals surface area contributed by atoms with Gasteiger partial charge in [-0.1, -0.05) is 15.9 Å². The number of ether oxygens (including phenoxy) is 2. The first-order chi connectivity index (χ1) is 9.63. The molecule has 104 valence electrons. The Hall–Kier alpha value is -1.59. The van der Waals surface area contributed by atoms with Crippen LogP contribution in [0.3, 0.4) is 0 Å². The number of halogens is 2. The molecule has 0 fully saturated rings. The number of benzene rings is 2. The van der Waals surface area contributed by atoms with Crippen LogP contribution in [0.15, 0.2) is 40.9 Å². The zero-order valence-electron chi connectivity index (χ0n) is 10.6. The third-order valence-corrected chi connectivity index (χ3v) is 3.70. The minimum absolute atomic E-state index is 0.0819. The molecule has 0 saturated heterocycles. The summed E-state index contributed by atoms with van der Waals surface area (Å²) >= 11 is 3.31. The molecule has 1 aliphatic rings. The SMILES string of the molecule is NC1COc2cc(OCc3cc(Br)ccc3F)ccc21. The average molecular weight is 338 g/mol. The molecule has 0 aliphatic carbocycles. The van der Waals surface area contributed by atoms with Crippen LogP contribution in [-0.4, -0.2) is 6.61 Å². The van der Waals surface area contributed by atoms with E-state index < -0.39 is 0 Å². The lowest BCUT2D eigenvalue weighted by molar-refractivity contribution is 0.295. The van der Waals surface area contributed by atoms with Gasteiger partial charge in [0, 0.05) is 21.7 Å². The topological polar surface area (TPSA) is 44.5 Å². The fourth-order valence-electron chi connectivity index (χ4n) is 2.12. The summed E-state index contributed by atoms with van der Waals surface area (Å²) in [6.07, 6.45) is 0. The van der Waals surface area contributed by atoms with Gasteiger partial charge < -0.3 is 15.2 Å². The Kier molecular flexibility index (Phi) is 3.63. The largest absolute Gasteiger partial charge is 0.491 e. The highest BCUT2D eigenvalue weighted by molar-refractivity contribution is 9.10. The zero-order valence-corrected chi connectivity index (χ0v) is 12.2. The molecule has 2 N–H and O–H groups in total. The molecular weight excluding hydrogens is 325 g/mol. The van der Waals surface area contributed by atoms with Crippen molar-refractivity contribution in [3.63, 3.8) is 0 Å². The lowest BCUT2D eigenvalue weighted by atomic mass is 10.1. The first-order valence-corrected chi connectivity index (χ1v) is 7.02. The standard InChI is InChI=1S/C15H13BrFNO2/c16-10-1-4-13(17)9(5-10)7-19-11-2-3-12-14(18)8-20-15(12)6-11/h1-6,14H,7-8,18H2. The maximum atomic E-state index is 13.6. The van der Waals surface area contributed by atoms with Gasteiger partial charge in [-0.3, -0.25) is 0 Å². The van der Waals surface area contributed by atoms with Crippen LogP contribution in [0.25, 0.3) is 0 Å². The van der Waals surface area contributed by atoms with Gasteiger partial charge in [-0.15, -0.1) is 0 Å². The summed E-state index contributed by atoms with van der Waals surface area (Å²) in [7, 11) is 0. The van der Waals surface area contributed by atoms with E-state index in [1.54, 1.807) is 18.2 Å². The van der Waals surface area contributed by atoms with E-state index in [1.807, 2.05) is 12.1 Å². The third kappa shape index (κ3) is 2.64. The van der Waals surface area contributed by atoms with Crippen molar-refractivity contribution in [3.05, 3.63) is 57.8 Å². The van der Waals surface area contributed by atoms with E-state index in [-0.39, 0.29) is 18.5 Å². The summed E-state index contributed by atoms with van der Waals surface area (Å²) < 4.78 is 25.5. The molecule has 3 nitrogen and oxygen atoms in total. The lowest BCUT2D eigenvalue weighted by Crippen LogP contribution is -2.10. The Morgan fingerprint density at radius 3 is 3.00 bits per heavy atom. The molecule has 1 heterocycles. The molecule has 0 aromatic heterocycles. The van der Waals surface area contributed by atoms with Crippen molar-refractivity contribution >= 4 is 15.9 Å². The van der Waals surface area contributed by atoms with E-state index in [0.717, 1.165) is 15.8 Å². The van der Waals surface area contributed by atoms with Gasteiger partial charge in [-0.05, 0) is 30.3 Å². The fourth-order valence-corrected chi connectivity index (χ4v) is 2.53. The van der Waals surface area contributed by atoms with E-state index in [1.165, 1.54) is 6.07 Å². The van der Waals surface area contributed by atoms with Gasteiger partial charge in [0.2, 0.25) is 0 Å². The number of rotatable bonds is 3. The van der Waals surface area contributed by atoms with Crippen molar-refractivity contribution in [1.82, 2.24) is 0 Å². The number of fused-ring (bicyclic) bond motifs is 1.